The molecule has 0 saturated heterocycles. The first-order valence-corrected chi connectivity index (χ1v) is 9.41. The van der Waals surface area contributed by atoms with Gasteiger partial charge in [0, 0.05) is 23.3 Å². The molecule has 0 aliphatic heterocycles. The summed E-state index contributed by atoms with van der Waals surface area (Å²) in [6.07, 6.45) is 0. The highest BCUT2D eigenvalue weighted by Crippen LogP contribution is 2.29. The molecule has 140 valence electrons. The van der Waals surface area contributed by atoms with Crippen LogP contribution >= 0.6 is 0 Å². The molecule has 1 aromatic heterocycles. The van der Waals surface area contributed by atoms with Gasteiger partial charge in [0.1, 0.15) is 11.5 Å². The van der Waals surface area contributed by atoms with Gasteiger partial charge in [-0.3, -0.25) is 4.79 Å². The number of hydrogen-bond donors (Lipinski definition) is 0. The van der Waals surface area contributed by atoms with Gasteiger partial charge in [-0.25, -0.2) is 0 Å². The minimum absolute atomic E-state index is 0.0500. The minimum Gasteiger partial charge on any atom is -0.456 e. The Labute approximate surface area is 161 Å². The van der Waals surface area contributed by atoms with E-state index in [1.807, 2.05) is 24.3 Å². The van der Waals surface area contributed by atoms with Crippen LogP contribution in [0.3, 0.4) is 0 Å². The van der Waals surface area contributed by atoms with E-state index in [2.05, 4.69) is 65.8 Å². The maximum Gasteiger partial charge on any atom is 0.186 e. The summed E-state index contributed by atoms with van der Waals surface area (Å²) >= 11 is 0. The maximum absolute atomic E-state index is 12.3. The Hall–Kier alpha value is -2.61. The fourth-order valence-corrected chi connectivity index (χ4v) is 3.03. The second-order valence-corrected chi connectivity index (χ2v) is 9.18. The van der Waals surface area contributed by atoms with Crippen molar-refractivity contribution in [2.24, 2.45) is 0 Å². The van der Waals surface area contributed by atoms with Crippen LogP contribution in [-0.4, -0.2) is 0 Å². The molecule has 27 heavy (non-hydrogen) atoms. The van der Waals surface area contributed by atoms with Crippen molar-refractivity contribution in [3.05, 3.63) is 82.0 Å². The van der Waals surface area contributed by atoms with E-state index in [0.29, 0.717) is 11.5 Å². The molecule has 3 aromatic rings. The predicted octanol–water partition coefficient (Wildman–Crippen LogP) is 6.57. The fourth-order valence-electron chi connectivity index (χ4n) is 3.03. The largest absolute Gasteiger partial charge is 0.456 e. The third-order valence-corrected chi connectivity index (χ3v) is 4.84. The van der Waals surface area contributed by atoms with Crippen molar-refractivity contribution >= 4 is 0 Å². The zero-order chi connectivity index (χ0) is 19.8. The molecular weight excluding hydrogens is 332 g/mol. The molecule has 0 fully saturated rings. The van der Waals surface area contributed by atoms with E-state index in [1.54, 1.807) is 12.1 Å². The Morgan fingerprint density at radius 2 is 0.926 bits per heavy atom. The van der Waals surface area contributed by atoms with E-state index >= 15 is 0 Å². The molecule has 2 nitrogen and oxygen atoms in total. The van der Waals surface area contributed by atoms with Crippen molar-refractivity contribution in [2.75, 3.05) is 0 Å². The van der Waals surface area contributed by atoms with Crippen molar-refractivity contribution in [3.8, 4) is 22.6 Å². The molecule has 0 spiro atoms. The Morgan fingerprint density at radius 3 is 1.22 bits per heavy atom. The van der Waals surface area contributed by atoms with Crippen LogP contribution in [0.25, 0.3) is 22.6 Å². The van der Waals surface area contributed by atoms with Crippen molar-refractivity contribution < 1.29 is 4.42 Å². The highest BCUT2D eigenvalue weighted by Gasteiger charge is 2.15. The standard InChI is InChI=1S/C25H28O2/c1-24(2,3)19-11-7-17(8-12-19)22-15-21(26)16-23(27-22)18-9-13-20(14-10-18)25(4,5)6/h7-16H,1-6H3. The Balaban J connectivity index is 1.99. The highest BCUT2D eigenvalue weighted by atomic mass is 16.3. The lowest BCUT2D eigenvalue weighted by atomic mass is 9.86. The van der Waals surface area contributed by atoms with Crippen LogP contribution < -0.4 is 5.43 Å². The van der Waals surface area contributed by atoms with Gasteiger partial charge < -0.3 is 4.42 Å². The van der Waals surface area contributed by atoms with E-state index in [1.165, 1.54) is 11.1 Å². The summed E-state index contributed by atoms with van der Waals surface area (Å²) in [4.78, 5) is 12.3. The Bertz CT molecular complexity index is 898. The van der Waals surface area contributed by atoms with Crippen LogP contribution in [0.15, 0.2) is 69.9 Å². The van der Waals surface area contributed by atoms with Crippen LogP contribution in [0.4, 0.5) is 0 Å². The van der Waals surface area contributed by atoms with E-state index in [0.717, 1.165) is 11.1 Å². The molecule has 1 heterocycles. The van der Waals surface area contributed by atoms with E-state index in [4.69, 9.17) is 4.42 Å². The first-order valence-electron chi connectivity index (χ1n) is 9.41. The van der Waals surface area contributed by atoms with Gasteiger partial charge in [0.2, 0.25) is 0 Å². The molecule has 0 unspecified atom stereocenters. The predicted molar refractivity (Wildman–Crippen MR) is 113 cm³/mol. The highest BCUT2D eigenvalue weighted by molar-refractivity contribution is 5.63. The minimum atomic E-state index is -0.0500. The van der Waals surface area contributed by atoms with Crippen LogP contribution in [0.2, 0.25) is 0 Å². The molecule has 2 aromatic carbocycles. The number of hydrogen-bond acceptors (Lipinski definition) is 2. The quantitative estimate of drug-likeness (QED) is 0.517. The van der Waals surface area contributed by atoms with Crippen molar-refractivity contribution in [1.29, 1.82) is 0 Å². The van der Waals surface area contributed by atoms with Gasteiger partial charge >= 0.3 is 0 Å². The average Bonchev–Trinajstić information content (AvgIpc) is 2.60. The van der Waals surface area contributed by atoms with Crippen LogP contribution in [-0.2, 0) is 10.8 Å². The van der Waals surface area contributed by atoms with Gasteiger partial charge in [0.25, 0.3) is 0 Å². The lowest BCUT2D eigenvalue weighted by molar-refractivity contribution is 0.577. The second-order valence-electron chi connectivity index (χ2n) is 9.18. The Morgan fingerprint density at radius 1 is 0.593 bits per heavy atom. The van der Waals surface area contributed by atoms with Gasteiger partial charge in [-0.05, 0) is 22.0 Å². The summed E-state index contributed by atoms with van der Waals surface area (Å²) < 4.78 is 6.08. The summed E-state index contributed by atoms with van der Waals surface area (Å²) in [7, 11) is 0. The number of rotatable bonds is 2. The summed E-state index contributed by atoms with van der Waals surface area (Å²) in [5, 5.41) is 0. The second kappa shape index (κ2) is 6.84. The molecule has 0 aliphatic rings. The zero-order valence-corrected chi connectivity index (χ0v) is 17.1. The molecule has 0 atom stereocenters. The topological polar surface area (TPSA) is 30.2 Å². The fraction of sp³-hybridized carbons (Fsp3) is 0.320. The average molecular weight is 360 g/mol. The lowest BCUT2D eigenvalue weighted by Gasteiger charge is -2.19. The lowest BCUT2D eigenvalue weighted by Crippen LogP contribution is -2.10. The van der Waals surface area contributed by atoms with Gasteiger partial charge in [-0.1, -0.05) is 90.1 Å². The molecule has 0 N–H and O–H groups in total. The first kappa shape index (κ1) is 19.2. The SMILES string of the molecule is CC(C)(C)c1ccc(-c2cc(=O)cc(-c3ccc(C(C)(C)C)cc3)o2)cc1. The molecule has 0 bridgehead atoms. The third kappa shape index (κ3) is 4.39. The molecule has 3 rings (SSSR count). The normalized spacial score (nSPS) is 12.2. The van der Waals surface area contributed by atoms with E-state index in [9.17, 15) is 4.79 Å². The summed E-state index contributed by atoms with van der Waals surface area (Å²) in [5.41, 5.74) is 4.46. The Kier molecular flexibility index (Phi) is 4.86. The van der Waals surface area contributed by atoms with E-state index < -0.39 is 0 Å². The van der Waals surface area contributed by atoms with Crippen LogP contribution in [0, 0.1) is 0 Å². The smallest absolute Gasteiger partial charge is 0.186 e. The van der Waals surface area contributed by atoms with Gasteiger partial charge in [-0.2, -0.15) is 0 Å². The summed E-state index contributed by atoms with van der Waals surface area (Å²) in [6, 6.07) is 19.6. The van der Waals surface area contributed by atoms with Crippen LogP contribution in [0.5, 0.6) is 0 Å². The van der Waals surface area contributed by atoms with E-state index in [-0.39, 0.29) is 16.3 Å². The molecular formula is C25H28O2. The van der Waals surface area contributed by atoms with Gasteiger partial charge in [0.05, 0.1) is 0 Å². The number of benzene rings is 2. The first-order chi connectivity index (χ1) is 12.5. The monoisotopic (exact) mass is 360 g/mol. The molecule has 0 saturated carbocycles. The zero-order valence-electron chi connectivity index (χ0n) is 17.1. The van der Waals surface area contributed by atoms with Gasteiger partial charge in [-0.15, -0.1) is 0 Å². The molecule has 0 radical (unpaired) electrons. The van der Waals surface area contributed by atoms with Crippen LogP contribution in [0.1, 0.15) is 52.7 Å². The molecule has 2 heteroatoms. The summed E-state index contributed by atoms with van der Waals surface area (Å²) in [6.45, 7) is 13.1. The van der Waals surface area contributed by atoms with Crippen molar-refractivity contribution in [2.45, 2.75) is 52.4 Å². The summed E-state index contributed by atoms with van der Waals surface area (Å²) in [5.74, 6) is 1.19. The van der Waals surface area contributed by atoms with Crippen molar-refractivity contribution in [3.63, 3.8) is 0 Å². The molecule has 0 amide bonds. The third-order valence-electron chi connectivity index (χ3n) is 4.84. The van der Waals surface area contributed by atoms with Gasteiger partial charge in [0.15, 0.2) is 5.43 Å². The maximum atomic E-state index is 12.3. The molecule has 0 aliphatic carbocycles. The van der Waals surface area contributed by atoms with Crippen molar-refractivity contribution in [1.82, 2.24) is 0 Å².